The van der Waals surface area contributed by atoms with Crippen molar-refractivity contribution in [1.82, 2.24) is 5.48 Å². The molecule has 0 aromatic rings. The third-order valence-corrected chi connectivity index (χ3v) is 1.57. The maximum absolute atomic E-state index is 10.5. The lowest BCUT2D eigenvalue weighted by Crippen LogP contribution is -2.17. The minimum atomic E-state index is -0.334. The van der Waals surface area contributed by atoms with E-state index in [1.54, 1.807) is 11.6 Å². The first-order valence-electron chi connectivity index (χ1n) is 3.94. The zero-order valence-corrected chi connectivity index (χ0v) is 7.18. The Morgan fingerprint density at radius 1 is 1.42 bits per heavy atom. The molecule has 0 aliphatic heterocycles. The van der Waals surface area contributed by atoms with Gasteiger partial charge in [-0.25, -0.2) is 5.48 Å². The highest BCUT2D eigenvalue weighted by Crippen LogP contribution is 2.07. The van der Waals surface area contributed by atoms with E-state index in [9.17, 15) is 4.79 Å². The first-order valence-corrected chi connectivity index (χ1v) is 3.94. The summed E-state index contributed by atoms with van der Waals surface area (Å²) >= 11 is 0. The van der Waals surface area contributed by atoms with E-state index in [1.807, 2.05) is 0 Å². The minimum absolute atomic E-state index is 0.334. The number of nitrogens with one attached hydrogen (secondary N) is 1. The molecule has 0 aliphatic rings. The van der Waals surface area contributed by atoms with Crippen LogP contribution >= 0.6 is 0 Å². The van der Waals surface area contributed by atoms with Crippen molar-refractivity contribution < 1.29 is 10.0 Å². The van der Waals surface area contributed by atoms with Crippen LogP contribution in [0.15, 0.2) is 24.8 Å². The average Bonchev–Trinajstić information content (AvgIpc) is 2.11. The summed E-state index contributed by atoms with van der Waals surface area (Å²) in [5.41, 5.74) is 2.57. The van der Waals surface area contributed by atoms with Crippen molar-refractivity contribution in [2.24, 2.45) is 0 Å². The molecule has 0 saturated carbocycles. The number of hydroxylamine groups is 1. The fraction of sp³-hybridized carbons (Fsp3) is 0.444. The molecule has 0 unspecified atom stereocenters. The molecule has 3 nitrogen and oxygen atoms in total. The molecular weight excluding hydrogens is 154 g/mol. The van der Waals surface area contributed by atoms with Crippen molar-refractivity contribution in [3.05, 3.63) is 24.8 Å². The molecule has 0 radical (unpaired) electrons. The lowest BCUT2D eigenvalue weighted by molar-refractivity contribution is -0.129. The molecule has 0 spiro atoms. The fourth-order valence-electron chi connectivity index (χ4n) is 0.796. The Kier molecular flexibility index (Phi) is 6.01. The minimum Gasteiger partial charge on any atom is -0.289 e. The maximum atomic E-state index is 10.5. The lowest BCUT2D eigenvalue weighted by Gasteiger charge is -1.99. The Morgan fingerprint density at radius 3 is 2.50 bits per heavy atom. The molecule has 0 saturated heterocycles. The molecule has 0 fully saturated rings. The van der Waals surface area contributed by atoms with Gasteiger partial charge in [0, 0.05) is 6.42 Å². The third-order valence-electron chi connectivity index (χ3n) is 1.57. The number of hydrogen-bond donors (Lipinski definition) is 2. The summed E-state index contributed by atoms with van der Waals surface area (Å²) in [5.74, 6) is -0.334. The fourth-order valence-corrected chi connectivity index (χ4v) is 0.796. The Morgan fingerprint density at radius 2 is 2.00 bits per heavy atom. The summed E-state index contributed by atoms with van der Waals surface area (Å²) in [6, 6.07) is 0. The van der Waals surface area contributed by atoms with Crippen molar-refractivity contribution >= 4 is 5.91 Å². The largest absolute Gasteiger partial charge is 0.289 e. The van der Waals surface area contributed by atoms with Crippen LogP contribution in [0.4, 0.5) is 0 Å². The highest BCUT2D eigenvalue weighted by atomic mass is 16.5. The van der Waals surface area contributed by atoms with Gasteiger partial charge in [-0.15, -0.1) is 0 Å². The summed E-state index contributed by atoms with van der Waals surface area (Å²) in [6.07, 6.45) is 4.60. The van der Waals surface area contributed by atoms with Crippen molar-refractivity contribution in [2.75, 3.05) is 0 Å². The van der Waals surface area contributed by atoms with Crippen LogP contribution < -0.4 is 5.48 Å². The van der Waals surface area contributed by atoms with Gasteiger partial charge in [-0.3, -0.25) is 10.0 Å². The molecule has 0 aromatic heterocycles. The summed E-state index contributed by atoms with van der Waals surface area (Å²) < 4.78 is 0. The topological polar surface area (TPSA) is 49.3 Å². The normalized spacial score (nSPS) is 9.08. The Hall–Kier alpha value is -1.09. The Balaban J connectivity index is 3.27. The molecular formula is C9H15NO2. The number of hydrogen-bond acceptors (Lipinski definition) is 2. The molecule has 0 bridgehead atoms. The number of unbranched alkanes of at least 4 members (excludes halogenated alkanes) is 1. The van der Waals surface area contributed by atoms with Crippen LogP contribution in [0.2, 0.25) is 0 Å². The summed E-state index contributed by atoms with van der Waals surface area (Å²) in [7, 11) is 0. The number of carbonyl (C=O) groups excluding carboxylic acids is 1. The van der Waals surface area contributed by atoms with E-state index in [2.05, 4.69) is 13.2 Å². The summed E-state index contributed by atoms with van der Waals surface area (Å²) in [5, 5.41) is 8.16. The van der Waals surface area contributed by atoms with E-state index in [0.717, 1.165) is 24.8 Å². The predicted molar refractivity (Wildman–Crippen MR) is 47.7 cm³/mol. The molecule has 3 heteroatoms. The molecule has 1 amide bonds. The second-order valence-electron chi connectivity index (χ2n) is 2.60. The molecule has 0 heterocycles. The Labute approximate surface area is 72.7 Å². The quantitative estimate of drug-likeness (QED) is 0.275. The van der Waals surface area contributed by atoms with E-state index < -0.39 is 0 Å². The molecule has 2 N–H and O–H groups in total. The van der Waals surface area contributed by atoms with Crippen molar-refractivity contribution in [2.45, 2.75) is 25.7 Å². The van der Waals surface area contributed by atoms with Crippen LogP contribution in [0.1, 0.15) is 25.7 Å². The van der Waals surface area contributed by atoms with E-state index >= 15 is 0 Å². The number of amides is 1. The van der Waals surface area contributed by atoms with Crippen LogP contribution in [-0.4, -0.2) is 11.1 Å². The number of allylic oxidation sites excluding steroid dienone is 2. The zero-order chi connectivity index (χ0) is 9.40. The zero-order valence-electron chi connectivity index (χ0n) is 7.18. The Bertz CT molecular complexity index is 175. The van der Waals surface area contributed by atoms with Gasteiger partial charge in [-0.05, 0) is 19.3 Å². The van der Waals surface area contributed by atoms with Gasteiger partial charge in [-0.1, -0.05) is 24.8 Å². The monoisotopic (exact) mass is 169 g/mol. The van der Waals surface area contributed by atoms with Gasteiger partial charge in [0.25, 0.3) is 0 Å². The van der Waals surface area contributed by atoms with Crippen LogP contribution in [0.3, 0.4) is 0 Å². The maximum Gasteiger partial charge on any atom is 0.243 e. The van der Waals surface area contributed by atoms with Gasteiger partial charge >= 0.3 is 0 Å². The first kappa shape index (κ1) is 10.9. The van der Waals surface area contributed by atoms with E-state index in [1.165, 1.54) is 0 Å². The molecule has 0 aliphatic carbocycles. The standard InChI is InChI=1S/C9H15NO2/c1-3-8(2)6-4-5-7-9(11)10-12/h3,12H,1-2,4-7H2,(H,10,11). The molecule has 0 atom stereocenters. The number of carbonyl (C=O) groups is 1. The van der Waals surface area contributed by atoms with Gasteiger partial charge < -0.3 is 0 Å². The molecule has 68 valence electrons. The summed E-state index contributed by atoms with van der Waals surface area (Å²) in [6.45, 7) is 7.31. The smallest absolute Gasteiger partial charge is 0.243 e. The van der Waals surface area contributed by atoms with Crippen molar-refractivity contribution in [3.63, 3.8) is 0 Å². The SMILES string of the molecule is C=CC(=C)CCCCC(=O)NO. The second-order valence-corrected chi connectivity index (χ2v) is 2.60. The highest BCUT2D eigenvalue weighted by molar-refractivity contribution is 5.74. The van der Waals surface area contributed by atoms with Crippen molar-refractivity contribution in [1.29, 1.82) is 0 Å². The van der Waals surface area contributed by atoms with Gasteiger partial charge in [0.1, 0.15) is 0 Å². The third kappa shape index (κ3) is 5.68. The van der Waals surface area contributed by atoms with Crippen LogP contribution in [0.25, 0.3) is 0 Å². The number of rotatable bonds is 6. The second kappa shape index (κ2) is 6.61. The van der Waals surface area contributed by atoms with Gasteiger partial charge in [-0.2, -0.15) is 0 Å². The highest BCUT2D eigenvalue weighted by Gasteiger charge is 1.97. The van der Waals surface area contributed by atoms with Crippen LogP contribution in [-0.2, 0) is 4.79 Å². The first-order chi connectivity index (χ1) is 5.70. The van der Waals surface area contributed by atoms with E-state index in [4.69, 9.17) is 5.21 Å². The molecule has 0 aromatic carbocycles. The molecule has 0 rings (SSSR count). The molecule has 12 heavy (non-hydrogen) atoms. The van der Waals surface area contributed by atoms with Gasteiger partial charge in [0.2, 0.25) is 5.91 Å². The van der Waals surface area contributed by atoms with E-state index in [-0.39, 0.29) is 5.91 Å². The van der Waals surface area contributed by atoms with Gasteiger partial charge in [0.15, 0.2) is 0 Å². The average molecular weight is 169 g/mol. The summed E-state index contributed by atoms with van der Waals surface area (Å²) in [4.78, 5) is 10.5. The van der Waals surface area contributed by atoms with Crippen molar-refractivity contribution in [3.8, 4) is 0 Å². The van der Waals surface area contributed by atoms with Crippen LogP contribution in [0.5, 0.6) is 0 Å². The lowest BCUT2D eigenvalue weighted by atomic mass is 10.1. The van der Waals surface area contributed by atoms with Gasteiger partial charge in [0.05, 0.1) is 0 Å². The predicted octanol–water partition coefficient (Wildman–Crippen LogP) is 1.79. The van der Waals surface area contributed by atoms with Crippen LogP contribution in [0, 0.1) is 0 Å². The van der Waals surface area contributed by atoms with E-state index in [0.29, 0.717) is 6.42 Å².